The summed E-state index contributed by atoms with van der Waals surface area (Å²) in [5.41, 5.74) is 0.799. The van der Waals surface area contributed by atoms with E-state index in [9.17, 15) is 10.1 Å². The zero-order valence-corrected chi connectivity index (χ0v) is 14.2. The lowest BCUT2D eigenvalue weighted by Gasteiger charge is -2.08. The highest BCUT2D eigenvalue weighted by molar-refractivity contribution is 7.18. The van der Waals surface area contributed by atoms with Crippen molar-refractivity contribution in [2.45, 2.75) is 5.92 Å². The average Bonchev–Trinajstić information content (AvgIpc) is 3.06. The molecule has 0 aliphatic carbocycles. The SMILES string of the molecule is N#CC(C(=O)COCCOc1ccccc1)c1nc2ccccc2s1. The fourth-order valence-electron chi connectivity index (χ4n) is 2.27. The van der Waals surface area contributed by atoms with Crippen molar-refractivity contribution < 1.29 is 14.3 Å². The van der Waals surface area contributed by atoms with Gasteiger partial charge in [0.15, 0.2) is 11.7 Å². The van der Waals surface area contributed by atoms with Gasteiger partial charge in [-0.25, -0.2) is 4.98 Å². The standard InChI is InChI=1S/C19H16N2O3S/c20-12-15(19-21-16-8-4-5-9-18(16)25-19)17(22)13-23-10-11-24-14-6-2-1-3-7-14/h1-9,15H,10-11,13H2. The monoisotopic (exact) mass is 352 g/mol. The van der Waals surface area contributed by atoms with Crippen molar-refractivity contribution in [2.24, 2.45) is 0 Å². The highest BCUT2D eigenvalue weighted by Crippen LogP contribution is 2.27. The van der Waals surface area contributed by atoms with E-state index in [4.69, 9.17) is 9.47 Å². The number of para-hydroxylation sites is 2. The van der Waals surface area contributed by atoms with Gasteiger partial charge < -0.3 is 9.47 Å². The molecule has 1 heterocycles. The molecule has 0 radical (unpaired) electrons. The Morgan fingerprint density at radius 3 is 2.64 bits per heavy atom. The number of nitriles is 1. The van der Waals surface area contributed by atoms with Crippen LogP contribution >= 0.6 is 11.3 Å². The van der Waals surface area contributed by atoms with E-state index in [2.05, 4.69) is 4.98 Å². The number of fused-ring (bicyclic) bond motifs is 1. The molecule has 3 aromatic rings. The summed E-state index contributed by atoms with van der Waals surface area (Å²) >= 11 is 1.36. The molecule has 1 atom stereocenters. The van der Waals surface area contributed by atoms with Crippen LogP contribution in [0.2, 0.25) is 0 Å². The minimum absolute atomic E-state index is 0.133. The van der Waals surface area contributed by atoms with Crippen LogP contribution < -0.4 is 4.74 Å². The van der Waals surface area contributed by atoms with E-state index < -0.39 is 5.92 Å². The zero-order chi connectivity index (χ0) is 17.5. The summed E-state index contributed by atoms with van der Waals surface area (Å²) in [7, 11) is 0. The van der Waals surface area contributed by atoms with Gasteiger partial charge in [0.05, 0.1) is 22.9 Å². The molecule has 0 aliphatic heterocycles. The van der Waals surface area contributed by atoms with Crippen LogP contribution in [0.4, 0.5) is 0 Å². The highest BCUT2D eigenvalue weighted by Gasteiger charge is 2.23. The molecule has 0 N–H and O–H groups in total. The Labute approximate surface area is 149 Å². The smallest absolute Gasteiger partial charge is 0.182 e. The number of aromatic nitrogens is 1. The molecule has 0 bridgehead atoms. The van der Waals surface area contributed by atoms with E-state index in [1.807, 2.05) is 60.7 Å². The Morgan fingerprint density at radius 1 is 1.12 bits per heavy atom. The predicted octanol–water partition coefficient (Wildman–Crippen LogP) is 3.57. The van der Waals surface area contributed by atoms with Crippen LogP contribution in [0.5, 0.6) is 5.75 Å². The number of Topliss-reactive ketones (excluding diaryl/α,β-unsaturated/α-hetero) is 1. The van der Waals surface area contributed by atoms with Crippen molar-refractivity contribution in [1.82, 2.24) is 4.98 Å². The zero-order valence-electron chi connectivity index (χ0n) is 13.4. The van der Waals surface area contributed by atoms with Gasteiger partial charge in [-0.3, -0.25) is 4.79 Å². The van der Waals surface area contributed by atoms with Gasteiger partial charge in [-0.2, -0.15) is 5.26 Å². The minimum atomic E-state index is -0.896. The van der Waals surface area contributed by atoms with Crippen molar-refractivity contribution in [1.29, 1.82) is 5.26 Å². The van der Waals surface area contributed by atoms with Gasteiger partial charge in [-0.1, -0.05) is 30.3 Å². The number of carbonyl (C=O) groups is 1. The maximum atomic E-state index is 12.3. The molecule has 0 spiro atoms. The van der Waals surface area contributed by atoms with Crippen LogP contribution in [0, 0.1) is 11.3 Å². The predicted molar refractivity (Wildman–Crippen MR) is 95.7 cm³/mol. The number of rotatable bonds is 8. The first-order chi connectivity index (χ1) is 12.3. The fraction of sp³-hybridized carbons (Fsp3) is 0.211. The fourth-order valence-corrected chi connectivity index (χ4v) is 3.31. The summed E-state index contributed by atoms with van der Waals surface area (Å²) in [5.74, 6) is -0.435. The number of hydrogen-bond acceptors (Lipinski definition) is 6. The second-order valence-corrected chi connectivity index (χ2v) is 6.32. The molecular weight excluding hydrogens is 336 g/mol. The normalized spacial score (nSPS) is 11.8. The molecular formula is C19H16N2O3S. The largest absolute Gasteiger partial charge is 0.491 e. The molecule has 0 aliphatic rings. The Hall–Kier alpha value is -2.75. The van der Waals surface area contributed by atoms with Crippen molar-refractivity contribution >= 4 is 27.3 Å². The van der Waals surface area contributed by atoms with E-state index in [1.54, 1.807) is 0 Å². The first-order valence-electron chi connectivity index (χ1n) is 7.81. The molecule has 6 heteroatoms. The Balaban J connectivity index is 1.50. The van der Waals surface area contributed by atoms with E-state index in [1.165, 1.54) is 11.3 Å². The van der Waals surface area contributed by atoms with Gasteiger partial charge in [0.25, 0.3) is 0 Å². The molecule has 126 valence electrons. The molecule has 0 fully saturated rings. The van der Waals surface area contributed by atoms with Gasteiger partial charge in [-0.05, 0) is 24.3 Å². The molecule has 0 saturated heterocycles. The summed E-state index contributed by atoms with van der Waals surface area (Å²) in [6, 6.07) is 19.0. The molecule has 1 aromatic heterocycles. The van der Waals surface area contributed by atoms with Crippen LogP contribution in [0.25, 0.3) is 10.2 Å². The average molecular weight is 352 g/mol. The Kier molecular flexibility index (Phi) is 5.73. The number of benzene rings is 2. The van der Waals surface area contributed by atoms with E-state index in [0.29, 0.717) is 11.6 Å². The number of ketones is 1. The third kappa shape index (κ3) is 4.41. The van der Waals surface area contributed by atoms with Crippen molar-refractivity contribution in [3.8, 4) is 11.8 Å². The van der Waals surface area contributed by atoms with Crippen LogP contribution in [-0.2, 0) is 9.53 Å². The topological polar surface area (TPSA) is 72.2 Å². The second kappa shape index (κ2) is 8.38. The summed E-state index contributed by atoms with van der Waals surface area (Å²) < 4.78 is 11.8. The second-order valence-electron chi connectivity index (χ2n) is 5.26. The number of nitrogens with zero attached hydrogens (tertiary/aromatic N) is 2. The van der Waals surface area contributed by atoms with E-state index >= 15 is 0 Å². The summed E-state index contributed by atoms with van der Waals surface area (Å²) in [6.07, 6.45) is 0. The first kappa shape index (κ1) is 17.1. The molecule has 25 heavy (non-hydrogen) atoms. The number of ether oxygens (including phenoxy) is 2. The van der Waals surface area contributed by atoms with Crippen molar-refractivity contribution in [3.05, 3.63) is 59.6 Å². The van der Waals surface area contributed by atoms with Gasteiger partial charge in [0, 0.05) is 0 Å². The summed E-state index contributed by atoms with van der Waals surface area (Å²) in [5, 5.41) is 9.85. The molecule has 1 unspecified atom stereocenters. The lowest BCUT2D eigenvalue weighted by Crippen LogP contribution is -2.19. The van der Waals surface area contributed by atoms with Gasteiger partial charge in [-0.15, -0.1) is 11.3 Å². The summed E-state index contributed by atoms with van der Waals surface area (Å²) in [4.78, 5) is 16.6. The van der Waals surface area contributed by atoms with Crippen LogP contribution in [-0.4, -0.2) is 30.6 Å². The Morgan fingerprint density at radius 2 is 1.88 bits per heavy atom. The molecule has 3 rings (SSSR count). The van der Waals surface area contributed by atoms with Crippen molar-refractivity contribution in [2.75, 3.05) is 19.8 Å². The minimum Gasteiger partial charge on any atom is -0.491 e. The van der Waals surface area contributed by atoms with Crippen LogP contribution in [0.3, 0.4) is 0 Å². The lowest BCUT2D eigenvalue weighted by atomic mass is 10.1. The molecule has 5 nitrogen and oxygen atoms in total. The van der Waals surface area contributed by atoms with Crippen molar-refractivity contribution in [3.63, 3.8) is 0 Å². The third-order valence-corrected chi connectivity index (χ3v) is 4.59. The van der Waals surface area contributed by atoms with Gasteiger partial charge in [0.1, 0.15) is 24.0 Å². The van der Waals surface area contributed by atoms with Crippen LogP contribution in [0.15, 0.2) is 54.6 Å². The summed E-state index contributed by atoms with van der Waals surface area (Å²) in [6.45, 7) is 0.487. The van der Waals surface area contributed by atoms with Gasteiger partial charge >= 0.3 is 0 Å². The molecule has 2 aromatic carbocycles. The highest BCUT2D eigenvalue weighted by atomic mass is 32.1. The molecule has 0 amide bonds. The maximum Gasteiger partial charge on any atom is 0.182 e. The van der Waals surface area contributed by atoms with E-state index in [0.717, 1.165) is 16.0 Å². The number of hydrogen-bond donors (Lipinski definition) is 0. The quantitative estimate of drug-likeness (QED) is 0.580. The Bertz CT molecular complexity index is 853. The molecule has 0 saturated carbocycles. The number of carbonyl (C=O) groups excluding carboxylic acids is 1. The van der Waals surface area contributed by atoms with Gasteiger partial charge in [0.2, 0.25) is 0 Å². The van der Waals surface area contributed by atoms with Crippen LogP contribution in [0.1, 0.15) is 10.9 Å². The number of thiazole rings is 1. The maximum absolute atomic E-state index is 12.3. The third-order valence-electron chi connectivity index (χ3n) is 3.49. The lowest BCUT2D eigenvalue weighted by molar-refractivity contribution is -0.124. The van der Waals surface area contributed by atoms with E-state index in [-0.39, 0.29) is 19.0 Å². The first-order valence-corrected chi connectivity index (χ1v) is 8.63.